The minimum atomic E-state index is 0.251. The Hall–Kier alpha value is -1.27. The van der Waals surface area contributed by atoms with Crippen LogP contribution in [0.25, 0.3) is 0 Å². The maximum absolute atomic E-state index is 4.25. The molecule has 0 radical (unpaired) electrons. The van der Waals surface area contributed by atoms with E-state index in [9.17, 15) is 0 Å². The predicted octanol–water partition coefficient (Wildman–Crippen LogP) is 1.09. The summed E-state index contributed by atoms with van der Waals surface area (Å²) in [6.07, 6.45) is 3.75. The number of hydrogen-bond donors (Lipinski definition) is 1. The van der Waals surface area contributed by atoms with Gasteiger partial charge in [-0.05, 0) is 13.8 Å². The van der Waals surface area contributed by atoms with E-state index in [1.54, 1.807) is 6.20 Å². The van der Waals surface area contributed by atoms with Gasteiger partial charge in [-0.3, -0.25) is 5.32 Å². The smallest absolute Gasteiger partial charge is 0.125 e. The van der Waals surface area contributed by atoms with Crippen LogP contribution in [-0.2, 0) is 7.05 Å². The molecule has 0 amide bonds. The van der Waals surface area contributed by atoms with E-state index >= 15 is 0 Å². The molecule has 0 spiro atoms. The first-order valence-corrected chi connectivity index (χ1v) is 4.36. The quantitative estimate of drug-likeness (QED) is 0.700. The van der Waals surface area contributed by atoms with E-state index in [4.69, 9.17) is 0 Å². The van der Waals surface area contributed by atoms with Crippen molar-refractivity contribution < 1.29 is 0 Å². The van der Waals surface area contributed by atoms with E-state index in [-0.39, 0.29) is 6.04 Å². The molecular weight excluding hydrogens is 162 g/mol. The minimum absolute atomic E-state index is 0.251. The fraction of sp³-hybridized carbons (Fsp3) is 0.500. The van der Waals surface area contributed by atoms with Crippen molar-refractivity contribution in [3.05, 3.63) is 18.2 Å². The first-order chi connectivity index (χ1) is 6.25. The summed E-state index contributed by atoms with van der Waals surface area (Å²) < 4.78 is 2.01. The van der Waals surface area contributed by atoms with Crippen LogP contribution in [0.1, 0.15) is 25.7 Å². The number of imidazole rings is 1. The number of nitrogens with zero attached hydrogens (tertiary/aromatic N) is 2. The lowest BCUT2D eigenvalue weighted by molar-refractivity contribution is 0.565. The number of aryl methyl sites for hydroxylation is 1. The summed E-state index contributed by atoms with van der Waals surface area (Å²) in [4.78, 5) is 4.25. The molecule has 0 saturated carbocycles. The number of aromatic nitrogens is 2. The molecule has 0 bridgehead atoms. The fourth-order valence-corrected chi connectivity index (χ4v) is 1.18. The van der Waals surface area contributed by atoms with Crippen molar-refractivity contribution in [1.29, 1.82) is 0 Å². The van der Waals surface area contributed by atoms with Gasteiger partial charge in [0.15, 0.2) is 0 Å². The van der Waals surface area contributed by atoms with Gasteiger partial charge in [-0.25, -0.2) is 4.98 Å². The highest BCUT2D eigenvalue weighted by atomic mass is 15.1. The summed E-state index contributed by atoms with van der Waals surface area (Å²) in [5.74, 6) is 6.85. The van der Waals surface area contributed by atoms with Gasteiger partial charge in [-0.1, -0.05) is 5.92 Å². The van der Waals surface area contributed by atoms with Gasteiger partial charge in [0.2, 0.25) is 0 Å². The summed E-state index contributed by atoms with van der Waals surface area (Å²) >= 11 is 0. The molecule has 0 aliphatic carbocycles. The zero-order chi connectivity index (χ0) is 9.68. The molecule has 1 aromatic rings. The average Bonchev–Trinajstić information content (AvgIpc) is 2.52. The van der Waals surface area contributed by atoms with Crippen molar-refractivity contribution in [1.82, 2.24) is 14.9 Å². The van der Waals surface area contributed by atoms with Gasteiger partial charge in [0.1, 0.15) is 5.82 Å². The molecule has 1 N–H and O–H groups in total. The van der Waals surface area contributed by atoms with Crippen molar-refractivity contribution >= 4 is 0 Å². The Morgan fingerprint density at radius 1 is 1.69 bits per heavy atom. The van der Waals surface area contributed by atoms with Crippen LogP contribution >= 0.6 is 0 Å². The standard InChI is InChI=1S/C10H15N3/c1-4-5-6-11-9(2)10-12-7-8-13(10)3/h7-9,11H,6H2,1-3H3. The summed E-state index contributed by atoms with van der Waals surface area (Å²) in [6.45, 7) is 4.64. The Morgan fingerprint density at radius 2 is 2.46 bits per heavy atom. The number of hydrogen-bond acceptors (Lipinski definition) is 2. The zero-order valence-corrected chi connectivity index (χ0v) is 8.33. The molecule has 0 aliphatic heterocycles. The molecule has 3 nitrogen and oxygen atoms in total. The predicted molar refractivity (Wildman–Crippen MR) is 53.1 cm³/mol. The molecule has 0 aromatic carbocycles. The summed E-state index contributed by atoms with van der Waals surface area (Å²) in [7, 11) is 1.99. The van der Waals surface area contributed by atoms with Crippen molar-refractivity contribution in [2.45, 2.75) is 19.9 Å². The molecule has 3 heteroatoms. The molecule has 1 atom stereocenters. The zero-order valence-electron chi connectivity index (χ0n) is 8.33. The average molecular weight is 177 g/mol. The highest BCUT2D eigenvalue weighted by Crippen LogP contribution is 2.06. The number of nitrogens with one attached hydrogen (secondary N) is 1. The Labute approximate surface area is 79.2 Å². The van der Waals surface area contributed by atoms with Gasteiger partial charge in [-0.15, -0.1) is 5.92 Å². The highest BCUT2D eigenvalue weighted by Gasteiger charge is 2.07. The minimum Gasteiger partial charge on any atom is -0.337 e. The highest BCUT2D eigenvalue weighted by molar-refractivity contribution is 5.01. The third-order valence-electron chi connectivity index (χ3n) is 1.92. The first kappa shape index (κ1) is 9.82. The maximum atomic E-state index is 4.25. The fourth-order valence-electron chi connectivity index (χ4n) is 1.18. The molecule has 0 saturated heterocycles. The molecule has 1 heterocycles. The van der Waals surface area contributed by atoms with E-state index in [2.05, 4.69) is 29.1 Å². The van der Waals surface area contributed by atoms with E-state index in [0.29, 0.717) is 6.54 Å². The second kappa shape index (κ2) is 4.68. The SMILES string of the molecule is CC#CCNC(C)c1nccn1C. The molecule has 1 aromatic heterocycles. The van der Waals surface area contributed by atoms with E-state index in [1.165, 1.54) is 0 Å². The van der Waals surface area contributed by atoms with Crippen LogP contribution in [0.3, 0.4) is 0 Å². The van der Waals surface area contributed by atoms with Crippen molar-refractivity contribution in [3.63, 3.8) is 0 Å². The largest absolute Gasteiger partial charge is 0.337 e. The summed E-state index contributed by atoms with van der Waals surface area (Å²) in [5.41, 5.74) is 0. The Kier molecular flexibility index (Phi) is 3.53. The van der Waals surface area contributed by atoms with E-state index in [1.807, 2.05) is 24.7 Å². The van der Waals surface area contributed by atoms with Crippen LogP contribution in [0.15, 0.2) is 12.4 Å². The molecule has 0 fully saturated rings. The molecule has 70 valence electrons. The molecular formula is C10H15N3. The van der Waals surface area contributed by atoms with Crippen LogP contribution in [0.4, 0.5) is 0 Å². The third kappa shape index (κ3) is 2.60. The third-order valence-corrected chi connectivity index (χ3v) is 1.92. The molecule has 13 heavy (non-hydrogen) atoms. The molecule has 1 unspecified atom stereocenters. The molecule has 1 rings (SSSR count). The van der Waals surface area contributed by atoms with Gasteiger partial charge in [0.25, 0.3) is 0 Å². The Balaban J connectivity index is 2.52. The Bertz CT molecular complexity index is 316. The lowest BCUT2D eigenvalue weighted by Crippen LogP contribution is -2.21. The van der Waals surface area contributed by atoms with Gasteiger partial charge < -0.3 is 4.57 Å². The van der Waals surface area contributed by atoms with Crippen LogP contribution in [-0.4, -0.2) is 16.1 Å². The Morgan fingerprint density at radius 3 is 3.00 bits per heavy atom. The summed E-state index contributed by atoms with van der Waals surface area (Å²) in [6, 6.07) is 0.251. The van der Waals surface area contributed by atoms with Crippen LogP contribution in [0.5, 0.6) is 0 Å². The second-order valence-electron chi connectivity index (χ2n) is 2.93. The first-order valence-electron chi connectivity index (χ1n) is 4.36. The van der Waals surface area contributed by atoms with Crippen molar-refractivity contribution in [3.8, 4) is 11.8 Å². The van der Waals surface area contributed by atoms with E-state index in [0.717, 1.165) is 5.82 Å². The number of rotatable bonds is 3. The van der Waals surface area contributed by atoms with E-state index < -0.39 is 0 Å². The maximum Gasteiger partial charge on any atom is 0.125 e. The van der Waals surface area contributed by atoms with Gasteiger partial charge in [0.05, 0.1) is 12.6 Å². The normalized spacial score (nSPS) is 11.9. The molecule has 0 aliphatic rings. The second-order valence-corrected chi connectivity index (χ2v) is 2.93. The van der Waals surface area contributed by atoms with Crippen LogP contribution < -0.4 is 5.32 Å². The topological polar surface area (TPSA) is 29.9 Å². The summed E-state index contributed by atoms with van der Waals surface area (Å²) in [5, 5.41) is 3.27. The van der Waals surface area contributed by atoms with Gasteiger partial charge in [-0.2, -0.15) is 0 Å². The van der Waals surface area contributed by atoms with Gasteiger partial charge in [0, 0.05) is 19.4 Å². The van der Waals surface area contributed by atoms with Crippen molar-refractivity contribution in [2.75, 3.05) is 6.54 Å². The van der Waals surface area contributed by atoms with Crippen LogP contribution in [0.2, 0.25) is 0 Å². The van der Waals surface area contributed by atoms with Gasteiger partial charge >= 0.3 is 0 Å². The lowest BCUT2D eigenvalue weighted by Gasteiger charge is -2.10. The monoisotopic (exact) mass is 177 g/mol. The van der Waals surface area contributed by atoms with Crippen LogP contribution in [0, 0.1) is 11.8 Å². The van der Waals surface area contributed by atoms with Crippen molar-refractivity contribution in [2.24, 2.45) is 7.05 Å². The lowest BCUT2D eigenvalue weighted by atomic mass is 10.3.